The van der Waals surface area contributed by atoms with E-state index >= 15 is 0 Å². The first kappa shape index (κ1) is 16.9. The number of hydrogen-bond donors (Lipinski definition) is 0. The molecule has 4 heteroatoms. The molecule has 0 aromatic heterocycles. The summed E-state index contributed by atoms with van der Waals surface area (Å²) in [7, 11) is -1.12. The lowest BCUT2D eigenvalue weighted by Crippen LogP contribution is -2.42. The average molecular weight is 294 g/mol. The molecule has 0 aliphatic heterocycles. The SMILES string of the molecule is CC#CO[Si](CCCC1CCCCC1)(OC)OC#CC. The Hall–Kier alpha value is -1.10. The highest BCUT2D eigenvalue weighted by molar-refractivity contribution is 6.61. The Balaban J connectivity index is 2.47. The standard InChI is InChI=1S/C16H26O3Si/c1-4-13-18-20(17-3,19-14-5-2)15-9-12-16-10-7-6-8-11-16/h16H,6-12,15H2,1-3H3. The van der Waals surface area contributed by atoms with Crippen molar-refractivity contribution in [2.24, 2.45) is 5.92 Å². The molecule has 3 nitrogen and oxygen atoms in total. The zero-order valence-corrected chi connectivity index (χ0v) is 14.0. The van der Waals surface area contributed by atoms with E-state index in [-0.39, 0.29) is 0 Å². The van der Waals surface area contributed by atoms with Crippen LogP contribution in [0.15, 0.2) is 0 Å². The van der Waals surface area contributed by atoms with Crippen molar-refractivity contribution in [2.45, 2.75) is 64.8 Å². The van der Waals surface area contributed by atoms with Crippen LogP contribution in [0.25, 0.3) is 0 Å². The van der Waals surface area contributed by atoms with Gasteiger partial charge in [0.1, 0.15) is 0 Å². The molecule has 0 aromatic rings. The third kappa shape index (κ3) is 5.90. The first-order chi connectivity index (χ1) is 9.76. The number of hydrogen-bond acceptors (Lipinski definition) is 3. The molecule has 1 rings (SSSR count). The van der Waals surface area contributed by atoms with Gasteiger partial charge in [-0.3, -0.25) is 0 Å². The minimum atomic E-state index is -2.74. The Bertz CT molecular complexity index is 358. The van der Waals surface area contributed by atoms with E-state index in [0.29, 0.717) is 0 Å². The lowest BCUT2D eigenvalue weighted by molar-refractivity contribution is 0.174. The van der Waals surface area contributed by atoms with Gasteiger partial charge in [-0.2, -0.15) is 0 Å². The van der Waals surface area contributed by atoms with Crippen molar-refractivity contribution in [3.05, 3.63) is 0 Å². The maximum absolute atomic E-state index is 5.55. The van der Waals surface area contributed by atoms with Crippen LogP contribution in [0, 0.1) is 30.0 Å². The molecular formula is C16H26O3Si. The molecule has 0 radical (unpaired) electrons. The van der Waals surface area contributed by atoms with E-state index in [1.807, 2.05) is 0 Å². The highest BCUT2D eigenvalue weighted by Gasteiger charge is 2.44. The van der Waals surface area contributed by atoms with Crippen LogP contribution in [0.1, 0.15) is 58.8 Å². The topological polar surface area (TPSA) is 27.7 Å². The molecule has 0 saturated heterocycles. The summed E-state index contributed by atoms with van der Waals surface area (Å²) >= 11 is 0. The van der Waals surface area contributed by atoms with E-state index in [1.165, 1.54) is 38.5 Å². The highest BCUT2D eigenvalue weighted by atomic mass is 28.4. The van der Waals surface area contributed by atoms with Gasteiger partial charge in [0.25, 0.3) is 0 Å². The summed E-state index contributed by atoms with van der Waals surface area (Å²) < 4.78 is 16.6. The Morgan fingerprint density at radius 2 is 1.60 bits per heavy atom. The van der Waals surface area contributed by atoms with Crippen LogP contribution in [0.2, 0.25) is 6.04 Å². The molecule has 1 aliphatic rings. The fraction of sp³-hybridized carbons (Fsp3) is 0.750. The summed E-state index contributed by atoms with van der Waals surface area (Å²) in [6, 6.07) is 0.781. The maximum Gasteiger partial charge on any atom is 0.648 e. The molecule has 0 atom stereocenters. The Kier molecular flexibility index (Phi) is 8.26. The third-order valence-electron chi connectivity index (χ3n) is 3.75. The summed E-state index contributed by atoms with van der Waals surface area (Å²) in [5.41, 5.74) is 0. The molecule has 112 valence electrons. The van der Waals surface area contributed by atoms with Crippen molar-refractivity contribution in [3.8, 4) is 24.1 Å². The summed E-state index contributed by atoms with van der Waals surface area (Å²) in [4.78, 5) is 0. The first-order valence-electron chi connectivity index (χ1n) is 7.51. The molecule has 0 bridgehead atoms. The van der Waals surface area contributed by atoms with E-state index in [1.54, 1.807) is 21.0 Å². The van der Waals surface area contributed by atoms with Crippen LogP contribution in [0.5, 0.6) is 0 Å². The lowest BCUT2D eigenvalue weighted by Gasteiger charge is -2.24. The minimum absolute atomic E-state index is 0.781. The van der Waals surface area contributed by atoms with Gasteiger partial charge in [-0.25, -0.2) is 0 Å². The van der Waals surface area contributed by atoms with Crippen LogP contribution in [0.4, 0.5) is 0 Å². The van der Waals surface area contributed by atoms with Gasteiger partial charge in [-0.05, 0) is 12.3 Å². The lowest BCUT2D eigenvalue weighted by atomic mass is 9.86. The van der Waals surface area contributed by atoms with Crippen LogP contribution < -0.4 is 0 Å². The largest absolute Gasteiger partial charge is 0.648 e. The van der Waals surface area contributed by atoms with Gasteiger partial charge in [-0.15, -0.1) is 0 Å². The summed E-state index contributed by atoms with van der Waals surface area (Å²) in [6.45, 7) is 3.48. The fourth-order valence-electron chi connectivity index (χ4n) is 2.65. The molecule has 0 N–H and O–H groups in total. The van der Waals surface area contributed by atoms with Crippen LogP contribution >= 0.6 is 0 Å². The van der Waals surface area contributed by atoms with Gasteiger partial charge < -0.3 is 13.3 Å². The quantitative estimate of drug-likeness (QED) is 0.526. The second-order valence-electron chi connectivity index (χ2n) is 5.19. The second kappa shape index (κ2) is 9.75. The van der Waals surface area contributed by atoms with Crippen molar-refractivity contribution in [2.75, 3.05) is 7.11 Å². The Labute approximate surface area is 124 Å². The molecular weight excluding hydrogens is 268 g/mol. The van der Waals surface area contributed by atoms with Gasteiger partial charge in [0.05, 0.1) is 12.2 Å². The van der Waals surface area contributed by atoms with E-state index in [2.05, 4.69) is 24.1 Å². The molecule has 0 heterocycles. The molecule has 1 saturated carbocycles. The van der Waals surface area contributed by atoms with Crippen LogP contribution in [0.3, 0.4) is 0 Å². The zero-order chi connectivity index (χ0) is 14.7. The third-order valence-corrected chi connectivity index (χ3v) is 6.16. The van der Waals surface area contributed by atoms with Gasteiger partial charge in [0, 0.05) is 27.0 Å². The van der Waals surface area contributed by atoms with Crippen LogP contribution in [-0.4, -0.2) is 15.9 Å². The summed E-state index contributed by atoms with van der Waals surface area (Å²) in [5, 5.41) is 0. The molecule has 0 amide bonds. The van der Waals surface area contributed by atoms with Gasteiger partial charge in [-0.1, -0.05) is 50.4 Å². The maximum atomic E-state index is 5.55. The smallest absolute Gasteiger partial charge is 0.441 e. The van der Waals surface area contributed by atoms with Gasteiger partial charge >= 0.3 is 8.80 Å². The molecule has 0 unspecified atom stereocenters. The summed E-state index contributed by atoms with van der Waals surface area (Å²) in [5.74, 6) is 6.32. The molecule has 1 aliphatic carbocycles. The normalized spacial score (nSPS) is 15.6. The molecule has 0 aromatic carbocycles. The van der Waals surface area contributed by atoms with Crippen molar-refractivity contribution in [3.63, 3.8) is 0 Å². The van der Waals surface area contributed by atoms with E-state index in [4.69, 9.17) is 13.3 Å². The zero-order valence-electron chi connectivity index (χ0n) is 13.0. The van der Waals surface area contributed by atoms with E-state index in [0.717, 1.165) is 18.4 Å². The molecule has 0 spiro atoms. The molecule has 20 heavy (non-hydrogen) atoms. The number of rotatable bonds is 7. The van der Waals surface area contributed by atoms with Gasteiger partial charge in [0.15, 0.2) is 0 Å². The van der Waals surface area contributed by atoms with E-state index < -0.39 is 8.80 Å². The fourth-order valence-corrected chi connectivity index (χ4v) is 4.42. The van der Waals surface area contributed by atoms with E-state index in [9.17, 15) is 0 Å². The Morgan fingerprint density at radius 1 is 1.00 bits per heavy atom. The van der Waals surface area contributed by atoms with Crippen molar-refractivity contribution < 1.29 is 13.3 Å². The Morgan fingerprint density at radius 3 is 2.10 bits per heavy atom. The predicted molar refractivity (Wildman–Crippen MR) is 82.4 cm³/mol. The monoisotopic (exact) mass is 294 g/mol. The van der Waals surface area contributed by atoms with Crippen LogP contribution in [-0.2, 0) is 13.3 Å². The van der Waals surface area contributed by atoms with Crippen molar-refractivity contribution in [1.29, 1.82) is 0 Å². The van der Waals surface area contributed by atoms with Gasteiger partial charge in [0.2, 0.25) is 0 Å². The highest BCUT2D eigenvalue weighted by Crippen LogP contribution is 2.29. The minimum Gasteiger partial charge on any atom is -0.441 e. The molecule has 1 fully saturated rings. The predicted octanol–water partition coefficient (Wildman–Crippen LogP) is 3.93. The average Bonchev–Trinajstić information content (AvgIpc) is 2.51. The second-order valence-corrected chi connectivity index (χ2v) is 7.87. The summed E-state index contributed by atoms with van der Waals surface area (Å²) in [6.07, 6.45) is 14.4. The van der Waals surface area contributed by atoms with Crippen molar-refractivity contribution in [1.82, 2.24) is 0 Å². The van der Waals surface area contributed by atoms with Crippen molar-refractivity contribution >= 4 is 8.80 Å². The first-order valence-corrected chi connectivity index (χ1v) is 9.44.